The zero-order valence-electron chi connectivity index (χ0n) is 13.8. The van der Waals surface area contributed by atoms with Crippen molar-refractivity contribution >= 4 is 22.9 Å². The van der Waals surface area contributed by atoms with Crippen molar-refractivity contribution in [3.8, 4) is 22.0 Å². The minimum absolute atomic E-state index is 0.268. The van der Waals surface area contributed by atoms with Gasteiger partial charge < -0.3 is 9.73 Å². The van der Waals surface area contributed by atoms with Gasteiger partial charge in [0.2, 0.25) is 0 Å². The van der Waals surface area contributed by atoms with Gasteiger partial charge in [-0.1, -0.05) is 12.1 Å². The van der Waals surface area contributed by atoms with E-state index >= 15 is 0 Å². The standard InChI is InChI=1S/C19H14N4O2S/c1-12-20-8-7-15(21-12)13-4-2-5-14(10-13)22-18(24)16-11-26-19(23-16)17-6-3-9-25-17/h2-11H,1H3,(H,22,24). The maximum Gasteiger partial charge on any atom is 0.275 e. The van der Waals surface area contributed by atoms with Crippen LogP contribution in [0.15, 0.2) is 64.7 Å². The number of aromatic nitrogens is 3. The highest BCUT2D eigenvalue weighted by atomic mass is 32.1. The minimum atomic E-state index is -0.268. The van der Waals surface area contributed by atoms with Crippen LogP contribution in [0.25, 0.3) is 22.0 Å². The van der Waals surface area contributed by atoms with Gasteiger partial charge in [0.05, 0.1) is 12.0 Å². The number of nitrogens with zero attached hydrogens (tertiary/aromatic N) is 3. The van der Waals surface area contributed by atoms with Crippen molar-refractivity contribution in [1.29, 1.82) is 0 Å². The summed E-state index contributed by atoms with van der Waals surface area (Å²) in [5.74, 6) is 1.08. The molecule has 0 spiro atoms. The Kier molecular flexibility index (Phi) is 4.28. The summed E-state index contributed by atoms with van der Waals surface area (Å²) < 4.78 is 5.31. The second kappa shape index (κ2) is 6.89. The van der Waals surface area contributed by atoms with Crippen molar-refractivity contribution in [2.75, 3.05) is 5.32 Å². The molecule has 0 unspecified atom stereocenters. The number of hydrogen-bond acceptors (Lipinski definition) is 6. The third kappa shape index (κ3) is 3.38. The Balaban J connectivity index is 1.54. The second-order valence-electron chi connectivity index (χ2n) is 5.54. The summed E-state index contributed by atoms with van der Waals surface area (Å²) in [6, 6.07) is 13.0. The molecule has 0 radical (unpaired) electrons. The van der Waals surface area contributed by atoms with E-state index in [4.69, 9.17) is 4.42 Å². The molecule has 6 nitrogen and oxygen atoms in total. The van der Waals surface area contributed by atoms with Crippen molar-refractivity contribution in [2.24, 2.45) is 0 Å². The molecule has 7 heteroatoms. The van der Waals surface area contributed by atoms with E-state index in [9.17, 15) is 4.79 Å². The Bertz CT molecular complexity index is 1060. The van der Waals surface area contributed by atoms with E-state index in [2.05, 4.69) is 20.3 Å². The predicted octanol–water partition coefficient (Wildman–Crippen LogP) is 4.42. The van der Waals surface area contributed by atoms with Crippen LogP contribution >= 0.6 is 11.3 Å². The summed E-state index contributed by atoms with van der Waals surface area (Å²) in [6.07, 6.45) is 3.30. The van der Waals surface area contributed by atoms with Crippen LogP contribution in [0.5, 0.6) is 0 Å². The van der Waals surface area contributed by atoms with Gasteiger partial charge in [-0.3, -0.25) is 4.79 Å². The van der Waals surface area contributed by atoms with Crippen molar-refractivity contribution in [2.45, 2.75) is 6.92 Å². The van der Waals surface area contributed by atoms with E-state index in [1.54, 1.807) is 23.9 Å². The fraction of sp³-hybridized carbons (Fsp3) is 0.0526. The zero-order chi connectivity index (χ0) is 17.9. The van der Waals surface area contributed by atoms with Gasteiger partial charge in [-0.15, -0.1) is 11.3 Å². The number of anilines is 1. The number of carbonyl (C=O) groups is 1. The molecule has 0 fully saturated rings. The van der Waals surface area contributed by atoms with E-state index < -0.39 is 0 Å². The van der Waals surface area contributed by atoms with E-state index in [1.807, 2.05) is 43.3 Å². The van der Waals surface area contributed by atoms with Gasteiger partial charge in [-0.2, -0.15) is 0 Å². The first-order valence-electron chi connectivity index (χ1n) is 7.90. The fourth-order valence-corrected chi connectivity index (χ4v) is 3.23. The molecular weight excluding hydrogens is 348 g/mol. The first-order chi connectivity index (χ1) is 12.7. The summed E-state index contributed by atoms with van der Waals surface area (Å²) in [7, 11) is 0. The molecule has 1 N–H and O–H groups in total. The molecule has 1 amide bonds. The number of aryl methyl sites for hydroxylation is 1. The molecular formula is C19H14N4O2S. The van der Waals surface area contributed by atoms with Crippen LogP contribution in [0.3, 0.4) is 0 Å². The summed E-state index contributed by atoms with van der Waals surface area (Å²) in [6.45, 7) is 1.84. The Hall–Kier alpha value is -3.32. The minimum Gasteiger partial charge on any atom is -0.462 e. The van der Waals surface area contributed by atoms with Crippen molar-refractivity contribution in [1.82, 2.24) is 15.0 Å². The van der Waals surface area contributed by atoms with Crippen LogP contribution in [0.4, 0.5) is 5.69 Å². The van der Waals surface area contributed by atoms with Crippen LogP contribution in [0, 0.1) is 6.92 Å². The van der Waals surface area contributed by atoms with Gasteiger partial charge >= 0.3 is 0 Å². The number of rotatable bonds is 4. The molecule has 3 heterocycles. The molecule has 0 aliphatic heterocycles. The molecule has 0 aliphatic rings. The van der Waals surface area contributed by atoms with Crippen LogP contribution in [-0.2, 0) is 0 Å². The zero-order valence-corrected chi connectivity index (χ0v) is 14.7. The highest BCUT2D eigenvalue weighted by molar-refractivity contribution is 7.13. The van der Waals surface area contributed by atoms with E-state index in [0.29, 0.717) is 28.0 Å². The third-order valence-electron chi connectivity index (χ3n) is 3.66. The SMILES string of the molecule is Cc1nccc(-c2cccc(NC(=O)c3csc(-c4ccco4)n3)c2)n1. The second-order valence-corrected chi connectivity index (χ2v) is 6.40. The fourth-order valence-electron chi connectivity index (χ4n) is 2.46. The lowest BCUT2D eigenvalue weighted by Gasteiger charge is -2.06. The molecule has 1 aromatic carbocycles. The number of hydrogen-bond donors (Lipinski definition) is 1. The number of furan rings is 1. The van der Waals surface area contributed by atoms with Gasteiger partial charge in [-0.05, 0) is 37.3 Å². The van der Waals surface area contributed by atoms with Crippen molar-refractivity contribution < 1.29 is 9.21 Å². The van der Waals surface area contributed by atoms with Gasteiger partial charge in [0.1, 0.15) is 11.5 Å². The van der Waals surface area contributed by atoms with Gasteiger partial charge in [0.15, 0.2) is 10.8 Å². The van der Waals surface area contributed by atoms with Crippen molar-refractivity contribution in [3.05, 3.63) is 71.8 Å². The van der Waals surface area contributed by atoms with E-state index in [0.717, 1.165) is 11.3 Å². The van der Waals surface area contributed by atoms with Crippen LogP contribution in [-0.4, -0.2) is 20.9 Å². The molecule has 26 heavy (non-hydrogen) atoms. The highest BCUT2D eigenvalue weighted by Gasteiger charge is 2.14. The van der Waals surface area contributed by atoms with E-state index in [1.165, 1.54) is 11.3 Å². The molecule has 0 atom stereocenters. The number of benzene rings is 1. The normalized spacial score (nSPS) is 10.7. The smallest absolute Gasteiger partial charge is 0.275 e. The Morgan fingerprint density at radius 1 is 1.15 bits per heavy atom. The first-order valence-corrected chi connectivity index (χ1v) is 8.78. The lowest BCUT2D eigenvalue weighted by molar-refractivity contribution is 0.102. The largest absolute Gasteiger partial charge is 0.462 e. The molecule has 4 rings (SSSR count). The molecule has 0 bridgehead atoms. The van der Waals surface area contributed by atoms with Crippen molar-refractivity contribution in [3.63, 3.8) is 0 Å². The Labute approximate surface area is 153 Å². The number of amides is 1. The quantitative estimate of drug-likeness (QED) is 0.581. The summed E-state index contributed by atoms with van der Waals surface area (Å²) in [5.41, 5.74) is 2.74. The lowest BCUT2D eigenvalue weighted by atomic mass is 10.1. The maximum absolute atomic E-state index is 12.5. The average Bonchev–Trinajstić information content (AvgIpc) is 3.33. The van der Waals surface area contributed by atoms with E-state index in [-0.39, 0.29) is 5.91 Å². The number of nitrogens with one attached hydrogen (secondary N) is 1. The summed E-state index contributed by atoms with van der Waals surface area (Å²) in [4.78, 5) is 25.3. The Morgan fingerprint density at radius 2 is 2.08 bits per heavy atom. The molecule has 0 saturated heterocycles. The lowest BCUT2D eigenvalue weighted by Crippen LogP contribution is -2.12. The topological polar surface area (TPSA) is 80.9 Å². The monoisotopic (exact) mass is 362 g/mol. The first kappa shape index (κ1) is 16.2. The van der Waals surface area contributed by atoms with Crippen LogP contribution < -0.4 is 5.32 Å². The van der Waals surface area contributed by atoms with Gasteiger partial charge in [0, 0.05) is 22.8 Å². The summed E-state index contributed by atoms with van der Waals surface area (Å²) in [5, 5.41) is 5.26. The average molecular weight is 362 g/mol. The highest BCUT2D eigenvalue weighted by Crippen LogP contribution is 2.25. The number of carbonyl (C=O) groups excluding carboxylic acids is 1. The van der Waals surface area contributed by atoms with Gasteiger partial charge in [-0.25, -0.2) is 15.0 Å². The van der Waals surface area contributed by atoms with Crippen LogP contribution in [0.2, 0.25) is 0 Å². The Morgan fingerprint density at radius 3 is 2.88 bits per heavy atom. The number of thiazole rings is 1. The molecule has 4 aromatic rings. The predicted molar refractivity (Wildman–Crippen MR) is 100.0 cm³/mol. The maximum atomic E-state index is 12.5. The molecule has 128 valence electrons. The summed E-state index contributed by atoms with van der Waals surface area (Å²) >= 11 is 1.37. The van der Waals surface area contributed by atoms with Gasteiger partial charge in [0.25, 0.3) is 5.91 Å². The van der Waals surface area contributed by atoms with Crippen LogP contribution in [0.1, 0.15) is 16.3 Å². The molecule has 0 aliphatic carbocycles. The third-order valence-corrected chi connectivity index (χ3v) is 4.52. The molecule has 0 saturated carbocycles. The molecule has 3 aromatic heterocycles.